The molecule has 33 heavy (non-hydrogen) atoms. The molecular formula is C22H33F2N5O3S. The third-order valence-electron chi connectivity index (χ3n) is 6.01. The summed E-state index contributed by atoms with van der Waals surface area (Å²) in [7, 11) is 0. The molecule has 184 valence electrons. The fourth-order valence-electron chi connectivity index (χ4n) is 4.07. The van der Waals surface area contributed by atoms with Crippen molar-refractivity contribution in [3.8, 4) is 0 Å². The summed E-state index contributed by atoms with van der Waals surface area (Å²) in [4.78, 5) is 16.0. The van der Waals surface area contributed by atoms with Gasteiger partial charge in [-0.3, -0.25) is 0 Å². The second-order valence-electron chi connectivity index (χ2n) is 10.1. The van der Waals surface area contributed by atoms with E-state index in [1.165, 1.54) is 0 Å². The molecule has 0 bridgehead atoms. The lowest BCUT2D eigenvalue weighted by Gasteiger charge is -2.32. The SMILES string of the molecule is CC(C)C(N[S@@+]([O-])C(C)(C)C)c1cnn2cc(C(NC(=O)O)C3CCC(F)(F)CC3)nc2c1. The molecule has 1 aliphatic carbocycles. The summed E-state index contributed by atoms with van der Waals surface area (Å²) in [6.45, 7) is 9.72. The van der Waals surface area contributed by atoms with Gasteiger partial charge in [0.2, 0.25) is 5.92 Å². The number of carbonyl (C=O) groups is 1. The number of amides is 1. The Morgan fingerprint density at radius 2 is 1.97 bits per heavy atom. The molecule has 0 spiro atoms. The predicted octanol–water partition coefficient (Wildman–Crippen LogP) is 4.61. The van der Waals surface area contributed by atoms with Gasteiger partial charge < -0.3 is 15.0 Å². The molecule has 8 nitrogen and oxygen atoms in total. The van der Waals surface area contributed by atoms with E-state index in [2.05, 4.69) is 20.1 Å². The van der Waals surface area contributed by atoms with Gasteiger partial charge in [-0.05, 0) is 57.1 Å². The van der Waals surface area contributed by atoms with Crippen LogP contribution in [-0.2, 0) is 11.4 Å². The van der Waals surface area contributed by atoms with Crippen LogP contribution in [0.5, 0.6) is 0 Å². The largest absolute Gasteiger partial charge is 0.598 e. The third kappa shape index (κ3) is 6.33. The third-order valence-corrected chi connectivity index (χ3v) is 7.59. The van der Waals surface area contributed by atoms with Crippen LogP contribution >= 0.6 is 0 Å². The molecule has 0 aliphatic heterocycles. The number of hydrogen-bond acceptors (Lipinski definition) is 5. The molecule has 11 heteroatoms. The van der Waals surface area contributed by atoms with Crippen LogP contribution in [0, 0.1) is 11.8 Å². The van der Waals surface area contributed by atoms with E-state index in [1.54, 1.807) is 16.9 Å². The second-order valence-corrected chi connectivity index (χ2v) is 12.1. The van der Waals surface area contributed by atoms with E-state index in [9.17, 15) is 23.2 Å². The van der Waals surface area contributed by atoms with Crippen LogP contribution in [-0.4, -0.2) is 41.0 Å². The summed E-state index contributed by atoms with van der Waals surface area (Å²) >= 11 is -1.28. The summed E-state index contributed by atoms with van der Waals surface area (Å²) in [5.74, 6) is -2.85. The molecule has 2 aromatic rings. The molecule has 1 saturated carbocycles. The van der Waals surface area contributed by atoms with Crippen molar-refractivity contribution >= 4 is 23.1 Å². The Labute approximate surface area is 195 Å². The van der Waals surface area contributed by atoms with Crippen molar-refractivity contribution in [1.29, 1.82) is 0 Å². The monoisotopic (exact) mass is 485 g/mol. The van der Waals surface area contributed by atoms with E-state index in [4.69, 9.17) is 0 Å². The normalized spacial score (nSPS) is 20.0. The molecule has 0 saturated heterocycles. The summed E-state index contributed by atoms with van der Waals surface area (Å²) in [6, 6.07) is 0.910. The lowest BCUT2D eigenvalue weighted by atomic mass is 9.81. The van der Waals surface area contributed by atoms with Crippen molar-refractivity contribution in [1.82, 2.24) is 24.6 Å². The van der Waals surface area contributed by atoms with Crippen LogP contribution in [0.25, 0.3) is 5.65 Å². The Balaban J connectivity index is 1.89. The van der Waals surface area contributed by atoms with Gasteiger partial charge in [-0.1, -0.05) is 13.8 Å². The minimum atomic E-state index is -2.70. The van der Waals surface area contributed by atoms with Crippen molar-refractivity contribution in [3.05, 3.63) is 29.7 Å². The summed E-state index contributed by atoms with van der Waals surface area (Å²) in [5.41, 5.74) is 1.77. The van der Waals surface area contributed by atoms with Crippen molar-refractivity contribution in [2.75, 3.05) is 0 Å². The number of imidazole rings is 1. The van der Waals surface area contributed by atoms with Crippen LogP contribution in [0.2, 0.25) is 0 Å². The minimum absolute atomic E-state index is 0.125. The van der Waals surface area contributed by atoms with Gasteiger partial charge in [-0.2, -0.15) is 5.10 Å². The van der Waals surface area contributed by atoms with Gasteiger partial charge in [0.1, 0.15) is 4.75 Å². The molecule has 2 aromatic heterocycles. The van der Waals surface area contributed by atoms with E-state index in [0.717, 1.165) is 5.56 Å². The Hall–Kier alpha value is -1.98. The first-order valence-electron chi connectivity index (χ1n) is 11.2. The highest BCUT2D eigenvalue weighted by molar-refractivity contribution is 7.90. The Morgan fingerprint density at radius 1 is 1.33 bits per heavy atom. The highest BCUT2D eigenvalue weighted by Gasteiger charge is 2.39. The lowest BCUT2D eigenvalue weighted by Crippen LogP contribution is -2.42. The summed E-state index contributed by atoms with van der Waals surface area (Å²) in [6.07, 6.45) is 1.98. The predicted molar refractivity (Wildman–Crippen MR) is 122 cm³/mol. The van der Waals surface area contributed by atoms with E-state index >= 15 is 0 Å². The quantitative estimate of drug-likeness (QED) is 0.493. The maximum atomic E-state index is 13.6. The maximum absolute atomic E-state index is 13.6. The first-order valence-corrected chi connectivity index (χ1v) is 12.3. The van der Waals surface area contributed by atoms with E-state index in [0.29, 0.717) is 11.3 Å². The first kappa shape index (κ1) is 25.6. The number of nitrogens with one attached hydrogen (secondary N) is 2. The Bertz CT molecular complexity index is 969. The van der Waals surface area contributed by atoms with Gasteiger partial charge in [0.05, 0.1) is 30.2 Å². The molecule has 0 radical (unpaired) electrons. The average Bonchev–Trinajstić information content (AvgIpc) is 3.12. The van der Waals surface area contributed by atoms with Gasteiger partial charge in [0, 0.05) is 24.2 Å². The number of carboxylic acid groups (broad SMARTS) is 1. The number of halogens is 2. The smallest absolute Gasteiger partial charge is 0.405 e. The average molecular weight is 486 g/mol. The number of nitrogens with zero attached hydrogens (tertiary/aromatic N) is 3. The summed E-state index contributed by atoms with van der Waals surface area (Å²) in [5, 5.41) is 16.2. The summed E-state index contributed by atoms with van der Waals surface area (Å²) < 4.78 is 44.2. The second kappa shape index (κ2) is 9.71. The number of fused-ring (bicyclic) bond motifs is 1. The van der Waals surface area contributed by atoms with Gasteiger partial charge in [0.15, 0.2) is 5.65 Å². The molecule has 1 fully saturated rings. The zero-order valence-electron chi connectivity index (χ0n) is 19.6. The van der Waals surface area contributed by atoms with E-state index in [-0.39, 0.29) is 43.6 Å². The molecule has 2 heterocycles. The van der Waals surface area contributed by atoms with Crippen LogP contribution in [0.1, 0.15) is 83.6 Å². The van der Waals surface area contributed by atoms with Gasteiger partial charge >= 0.3 is 6.09 Å². The maximum Gasteiger partial charge on any atom is 0.405 e. The van der Waals surface area contributed by atoms with Crippen molar-refractivity contribution in [2.45, 2.75) is 83.1 Å². The number of rotatable bonds is 7. The highest BCUT2D eigenvalue weighted by Crippen LogP contribution is 2.41. The van der Waals surface area contributed by atoms with Gasteiger partial charge in [-0.25, -0.2) is 23.1 Å². The van der Waals surface area contributed by atoms with Gasteiger partial charge in [0.25, 0.3) is 0 Å². The standard InChI is InChI=1S/C22H33F2N5O3S/c1-13(2)18(28-33(32)21(3,4)5)15-10-17-26-16(12-29(17)25-11-15)19(27-20(30)31)14-6-8-22(23,24)9-7-14/h10-14,18-19,27-28H,6-9H2,1-5H3,(H,30,31)/t18?,19?,33-/m0/s1. The van der Waals surface area contributed by atoms with Crippen LogP contribution in [0.15, 0.2) is 18.5 Å². The van der Waals surface area contributed by atoms with E-state index in [1.807, 2.05) is 40.7 Å². The van der Waals surface area contributed by atoms with Crippen molar-refractivity contribution in [2.24, 2.45) is 11.8 Å². The Morgan fingerprint density at radius 3 is 2.52 bits per heavy atom. The topological polar surface area (TPSA) is 115 Å². The van der Waals surface area contributed by atoms with Crippen LogP contribution < -0.4 is 10.0 Å². The van der Waals surface area contributed by atoms with Gasteiger partial charge in [-0.15, -0.1) is 4.72 Å². The highest BCUT2D eigenvalue weighted by atomic mass is 32.2. The molecule has 1 aliphatic rings. The number of hydrogen-bond donors (Lipinski definition) is 3. The van der Waals surface area contributed by atoms with Crippen LogP contribution in [0.3, 0.4) is 0 Å². The number of aromatic nitrogens is 3. The van der Waals surface area contributed by atoms with E-state index < -0.39 is 34.2 Å². The molecule has 3 rings (SSSR count). The molecule has 1 amide bonds. The minimum Gasteiger partial charge on any atom is -0.598 e. The zero-order chi connectivity index (χ0) is 24.6. The molecule has 0 aromatic carbocycles. The fourth-order valence-corrected chi connectivity index (χ4v) is 5.07. The molecule has 2 unspecified atom stereocenters. The Kier molecular flexibility index (Phi) is 7.55. The molecule has 3 N–H and O–H groups in total. The van der Waals surface area contributed by atoms with Crippen molar-refractivity contribution < 1.29 is 23.2 Å². The van der Waals surface area contributed by atoms with Crippen LogP contribution in [0.4, 0.5) is 13.6 Å². The number of alkyl halides is 2. The zero-order valence-corrected chi connectivity index (χ0v) is 20.5. The fraction of sp³-hybridized carbons (Fsp3) is 0.682. The molecular weight excluding hydrogens is 452 g/mol. The lowest BCUT2D eigenvalue weighted by molar-refractivity contribution is -0.0495. The molecule has 3 atom stereocenters. The first-order chi connectivity index (χ1) is 15.3. The van der Waals surface area contributed by atoms with Crippen molar-refractivity contribution in [3.63, 3.8) is 0 Å².